The van der Waals surface area contributed by atoms with Gasteiger partial charge in [0.25, 0.3) is 0 Å². The summed E-state index contributed by atoms with van der Waals surface area (Å²) in [4.78, 5) is 45.2. The Morgan fingerprint density at radius 3 is 2.40 bits per heavy atom. The van der Waals surface area contributed by atoms with Gasteiger partial charge in [-0.15, -0.1) is 21.5 Å². The lowest BCUT2D eigenvalue weighted by molar-refractivity contribution is -0.141. The van der Waals surface area contributed by atoms with Crippen LogP contribution in [-0.2, 0) is 26.9 Å². The first-order valence-electron chi connectivity index (χ1n) is 22.1. The van der Waals surface area contributed by atoms with E-state index in [0.29, 0.717) is 59.3 Å². The number of nitrogens with zero attached hydrogens (tertiary/aromatic N) is 7. The minimum atomic E-state index is -4.81. The number of anilines is 1. The second-order valence-electron chi connectivity index (χ2n) is 17.9. The molecule has 0 spiro atoms. The zero-order valence-corrected chi connectivity index (χ0v) is 39.2. The molecule has 0 saturated heterocycles. The molecule has 4 heterocycles. The maximum Gasteiger partial charge on any atom is 0.435 e. The topological polar surface area (TPSA) is 190 Å². The van der Waals surface area contributed by atoms with Gasteiger partial charge in [0.1, 0.15) is 29.0 Å². The average Bonchev–Trinajstić information content (AvgIpc) is 3.92. The van der Waals surface area contributed by atoms with Gasteiger partial charge in [-0.3, -0.25) is 19.1 Å². The number of thiophene rings is 1. The standard InChI is InChI=1S/C47H50ClF3N10O5S/c1-25-26(2)67-44-39(25)41(28-6-9-30(48)10-7-28)56-35(43-58-57-27(3)60(43)44)21-38(63)53-16-18-65-19-17-54-45(64)66-33-14-11-31(12-15-33)55-34-20-32(13-8-29(34)24-52)61-36-22-46(4,5)23-37(62)40(36)42(59-61)47(49,50)51/h6-10,13,20,31,33,35,55H,11-12,14-19,21-23H2,1-5H3,(H,53,63)(H,54,64)/t31?,33?,35-/m0/s1. The Morgan fingerprint density at radius 1 is 0.985 bits per heavy atom. The summed E-state index contributed by atoms with van der Waals surface area (Å²) in [5.41, 5.74) is 2.80. The molecule has 2 amide bonds. The minimum Gasteiger partial charge on any atom is -0.446 e. The van der Waals surface area contributed by atoms with Crippen LogP contribution in [0.25, 0.3) is 10.7 Å². The summed E-state index contributed by atoms with van der Waals surface area (Å²) in [6, 6.07) is 13.6. The first kappa shape index (κ1) is 47.4. The number of rotatable bonds is 13. The molecule has 5 aromatic rings. The van der Waals surface area contributed by atoms with Gasteiger partial charge in [-0.1, -0.05) is 37.6 Å². The highest BCUT2D eigenvalue weighted by Crippen LogP contribution is 2.43. The van der Waals surface area contributed by atoms with Crippen LogP contribution < -0.4 is 16.0 Å². The van der Waals surface area contributed by atoms with Crippen LogP contribution in [0.4, 0.5) is 23.7 Å². The number of aromatic nitrogens is 5. The number of amides is 2. The summed E-state index contributed by atoms with van der Waals surface area (Å²) in [6.07, 6.45) is -3.21. The quantitative estimate of drug-likeness (QED) is 0.0963. The van der Waals surface area contributed by atoms with Crippen molar-refractivity contribution in [2.75, 3.05) is 31.6 Å². The lowest BCUT2D eigenvalue weighted by atomic mass is 9.75. The molecule has 15 nitrogen and oxygen atoms in total. The van der Waals surface area contributed by atoms with Crippen molar-refractivity contribution in [2.45, 2.75) is 104 Å². The Labute approximate surface area is 394 Å². The Bertz CT molecular complexity index is 2780. The molecule has 0 radical (unpaired) electrons. The van der Waals surface area contributed by atoms with Gasteiger partial charge < -0.3 is 25.4 Å². The highest BCUT2D eigenvalue weighted by molar-refractivity contribution is 7.15. The van der Waals surface area contributed by atoms with Gasteiger partial charge in [-0.25, -0.2) is 9.48 Å². The van der Waals surface area contributed by atoms with Gasteiger partial charge >= 0.3 is 12.3 Å². The first-order chi connectivity index (χ1) is 31.9. The number of hydrogen-bond acceptors (Lipinski definition) is 12. The summed E-state index contributed by atoms with van der Waals surface area (Å²) in [5.74, 6) is 0.456. The highest BCUT2D eigenvalue weighted by atomic mass is 35.5. The Morgan fingerprint density at radius 2 is 1.70 bits per heavy atom. The highest BCUT2D eigenvalue weighted by Gasteiger charge is 2.45. The number of hydrogen-bond donors (Lipinski definition) is 3. The van der Waals surface area contributed by atoms with Gasteiger partial charge in [0.2, 0.25) is 5.91 Å². The number of carbonyl (C=O) groups excluding carboxylic acids is 3. The van der Waals surface area contributed by atoms with Crippen molar-refractivity contribution in [1.29, 1.82) is 5.26 Å². The van der Waals surface area contributed by atoms with Crippen molar-refractivity contribution < 1.29 is 37.0 Å². The molecule has 1 fully saturated rings. The van der Waals surface area contributed by atoms with E-state index in [1.54, 1.807) is 17.4 Å². The molecule has 1 aliphatic heterocycles. The smallest absolute Gasteiger partial charge is 0.435 e. The van der Waals surface area contributed by atoms with Crippen LogP contribution in [-0.4, -0.2) is 86.5 Å². The number of nitriles is 1. The van der Waals surface area contributed by atoms with Gasteiger partial charge in [-0.05, 0) is 94.2 Å². The number of nitrogens with one attached hydrogen (secondary N) is 3. The molecule has 67 heavy (non-hydrogen) atoms. The Balaban J connectivity index is 0.781. The van der Waals surface area contributed by atoms with Gasteiger partial charge in [0.15, 0.2) is 17.3 Å². The number of benzene rings is 2. The number of aryl methyl sites for hydroxylation is 2. The van der Waals surface area contributed by atoms with E-state index in [2.05, 4.69) is 51.2 Å². The minimum absolute atomic E-state index is 0.0160. The number of alkyl halides is 3. The molecule has 1 atom stereocenters. The zero-order chi connectivity index (χ0) is 47.8. The first-order valence-corrected chi connectivity index (χ1v) is 23.3. The molecule has 8 rings (SSSR count). The van der Waals surface area contributed by atoms with E-state index in [-0.39, 0.29) is 69.3 Å². The zero-order valence-electron chi connectivity index (χ0n) is 37.6. The van der Waals surface area contributed by atoms with E-state index in [1.807, 2.05) is 49.6 Å². The lowest BCUT2D eigenvalue weighted by Crippen LogP contribution is -2.35. The fraction of sp³-hybridized carbons (Fsp3) is 0.447. The number of aliphatic imine (C=N–C) groups is 1. The van der Waals surface area contributed by atoms with Crippen molar-refractivity contribution in [3.05, 3.63) is 103 Å². The van der Waals surface area contributed by atoms with Gasteiger partial charge in [0.05, 0.1) is 53.5 Å². The van der Waals surface area contributed by atoms with Crippen LogP contribution >= 0.6 is 22.9 Å². The molecule has 0 unspecified atom stereocenters. The summed E-state index contributed by atoms with van der Waals surface area (Å²) in [6.45, 7) is 10.5. The van der Waals surface area contributed by atoms with Crippen LogP contribution in [0.2, 0.25) is 5.02 Å². The van der Waals surface area contributed by atoms with Crippen LogP contribution in [0, 0.1) is 37.5 Å². The molecule has 3 aromatic heterocycles. The van der Waals surface area contributed by atoms with Crippen LogP contribution in [0.15, 0.2) is 47.5 Å². The molecule has 2 aliphatic carbocycles. The average molecular weight is 959 g/mol. The van der Waals surface area contributed by atoms with Crippen LogP contribution in [0.5, 0.6) is 0 Å². The molecule has 1 saturated carbocycles. The number of ether oxygens (including phenoxy) is 2. The van der Waals surface area contributed by atoms with Crippen LogP contribution in [0.1, 0.15) is 119 Å². The van der Waals surface area contributed by atoms with Crippen molar-refractivity contribution in [2.24, 2.45) is 10.4 Å². The van der Waals surface area contributed by atoms with Crippen LogP contribution in [0.3, 0.4) is 0 Å². The van der Waals surface area contributed by atoms with Crippen molar-refractivity contribution in [3.8, 4) is 16.8 Å². The maximum absolute atomic E-state index is 14.1. The van der Waals surface area contributed by atoms with E-state index >= 15 is 0 Å². The number of halogens is 4. The third kappa shape index (κ3) is 10.3. The SMILES string of the molecule is Cc1sc2c(c1C)C(c1ccc(Cl)cc1)=N[C@@H](CC(=O)NCCOCCNC(=O)OC1CCC(Nc3cc(-n4nc(C(F)(F)F)c5c4CC(C)(C)CC5=O)ccc3C#N)CC1)c1nnc(C)n1-2. The fourth-order valence-corrected chi connectivity index (χ4v) is 10.3. The third-order valence-electron chi connectivity index (χ3n) is 12.3. The lowest BCUT2D eigenvalue weighted by Gasteiger charge is -2.30. The molecule has 20 heteroatoms. The van der Waals surface area contributed by atoms with E-state index in [1.165, 1.54) is 16.8 Å². The maximum atomic E-state index is 14.1. The van der Waals surface area contributed by atoms with E-state index in [4.69, 9.17) is 26.1 Å². The third-order valence-corrected chi connectivity index (χ3v) is 13.8. The van der Waals surface area contributed by atoms with E-state index < -0.39 is 40.8 Å². The molecule has 2 aromatic carbocycles. The van der Waals surface area contributed by atoms with Crippen molar-refractivity contribution in [3.63, 3.8) is 0 Å². The fourth-order valence-electron chi connectivity index (χ4n) is 8.95. The monoisotopic (exact) mass is 958 g/mol. The summed E-state index contributed by atoms with van der Waals surface area (Å²) < 4.78 is 56.7. The molecule has 3 aliphatic rings. The molecular formula is C47H50ClF3N10O5S. The van der Waals surface area contributed by atoms with E-state index in [0.717, 1.165) is 32.3 Å². The van der Waals surface area contributed by atoms with Gasteiger partial charge in [-0.2, -0.15) is 23.5 Å². The Hall–Kier alpha value is -6.10. The predicted octanol–water partition coefficient (Wildman–Crippen LogP) is 8.70. The van der Waals surface area contributed by atoms with E-state index in [9.17, 15) is 32.8 Å². The summed E-state index contributed by atoms with van der Waals surface area (Å²) in [7, 11) is 0. The summed E-state index contributed by atoms with van der Waals surface area (Å²) >= 11 is 7.86. The molecule has 3 N–H and O–H groups in total. The second kappa shape index (κ2) is 19.2. The largest absolute Gasteiger partial charge is 0.446 e. The molecule has 352 valence electrons. The second-order valence-corrected chi connectivity index (χ2v) is 19.5. The molecular weight excluding hydrogens is 909 g/mol. The normalized spacial score (nSPS) is 18.7. The summed E-state index contributed by atoms with van der Waals surface area (Å²) in [5, 5.41) is 33.1. The Kier molecular flexibility index (Phi) is 13.6. The number of ketones is 1. The number of Topliss-reactive ketones (excluding diaryl/α,β-unsaturated/α-hetero) is 1. The predicted molar refractivity (Wildman–Crippen MR) is 246 cm³/mol. The van der Waals surface area contributed by atoms with Crippen molar-refractivity contribution in [1.82, 2.24) is 35.2 Å². The number of carbonyl (C=O) groups is 3. The van der Waals surface area contributed by atoms with Crippen molar-refractivity contribution >= 4 is 52.1 Å². The number of alkyl carbamates (subject to hydrolysis) is 1. The van der Waals surface area contributed by atoms with Gasteiger partial charge in [0, 0.05) is 46.6 Å². The number of fused-ring (bicyclic) bond motifs is 4. The molecule has 0 bridgehead atoms.